The first-order chi connectivity index (χ1) is 14.7. The number of aromatic nitrogens is 1. The highest BCUT2D eigenvalue weighted by Gasteiger charge is 2.33. The maximum absolute atomic E-state index is 13.4. The van der Waals surface area contributed by atoms with Crippen molar-refractivity contribution in [3.63, 3.8) is 0 Å². The maximum Gasteiger partial charge on any atom is 0.229 e. The van der Waals surface area contributed by atoms with Crippen LogP contribution in [0.5, 0.6) is 0 Å². The van der Waals surface area contributed by atoms with Gasteiger partial charge in [-0.1, -0.05) is 48.5 Å². The van der Waals surface area contributed by atoms with Crippen molar-refractivity contribution in [1.82, 2.24) is 9.88 Å². The van der Waals surface area contributed by atoms with Gasteiger partial charge in [-0.2, -0.15) is 0 Å². The summed E-state index contributed by atoms with van der Waals surface area (Å²) >= 11 is 1.78. The molecule has 1 amide bonds. The number of amides is 1. The Labute approximate surface area is 179 Å². The molecule has 1 aliphatic rings. The van der Waals surface area contributed by atoms with E-state index in [0.29, 0.717) is 23.9 Å². The van der Waals surface area contributed by atoms with Crippen molar-refractivity contribution < 1.29 is 9.21 Å². The van der Waals surface area contributed by atoms with Gasteiger partial charge in [0.15, 0.2) is 0 Å². The van der Waals surface area contributed by atoms with Gasteiger partial charge in [-0.3, -0.25) is 4.79 Å². The van der Waals surface area contributed by atoms with Crippen molar-refractivity contribution in [3.05, 3.63) is 99.6 Å². The van der Waals surface area contributed by atoms with E-state index in [9.17, 15) is 4.79 Å². The number of nitrogens with zero attached hydrogens (tertiary/aromatic N) is 2. The van der Waals surface area contributed by atoms with E-state index in [-0.39, 0.29) is 18.4 Å². The van der Waals surface area contributed by atoms with Crippen LogP contribution in [-0.2, 0) is 17.6 Å². The zero-order valence-corrected chi connectivity index (χ0v) is 17.6. The second kappa shape index (κ2) is 7.92. The SMILES string of the molecule is Cc1oc(-c2ccccc2)nc1CC(=O)N1CCc2sccc2C1c1ccccc1. The van der Waals surface area contributed by atoms with Crippen LogP contribution in [0, 0.1) is 6.92 Å². The Kier molecular flexibility index (Phi) is 4.97. The van der Waals surface area contributed by atoms with Gasteiger partial charge in [-0.25, -0.2) is 4.98 Å². The van der Waals surface area contributed by atoms with E-state index in [1.807, 2.05) is 60.4 Å². The van der Waals surface area contributed by atoms with E-state index in [0.717, 1.165) is 17.5 Å². The number of carbonyl (C=O) groups is 1. The number of hydrogen-bond donors (Lipinski definition) is 0. The van der Waals surface area contributed by atoms with Gasteiger partial charge < -0.3 is 9.32 Å². The Hall–Kier alpha value is -3.18. The average molecular weight is 415 g/mol. The molecule has 0 saturated carbocycles. The number of aryl methyl sites for hydroxylation is 1. The lowest BCUT2D eigenvalue weighted by molar-refractivity contribution is -0.132. The molecule has 1 unspecified atom stereocenters. The van der Waals surface area contributed by atoms with Crippen LogP contribution in [0.25, 0.3) is 11.5 Å². The average Bonchev–Trinajstić information content (AvgIpc) is 3.41. The van der Waals surface area contributed by atoms with Crippen molar-refractivity contribution >= 4 is 17.2 Å². The Balaban J connectivity index is 1.44. The van der Waals surface area contributed by atoms with Crippen LogP contribution < -0.4 is 0 Å². The summed E-state index contributed by atoms with van der Waals surface area (Å²) in [5, 5.41) is 2.13. The predicted octanol–water partition coefficient (Wildman–Crippen LogP) is 5.43. The second-order valence-corrected chi connectivity index (χ2v) is 8.51. The van der Waals surface area contributed by atoms with Crippen molar-refractivity contribution in [2.45, 2.75) is 25.8 Å². The molecule has 1 aliphatic heterocycles. The smallest absolute Gasteiger partial charge is 0.229 e. The van der Waals surface area contributed by atoms with E-state index in [2.05, 4.69) is 28.6 Å². The highest BCUT2D eigenvalue weighted by molar-refractivity contribution is 7.10. The molecule has 5 heteroatoms. The number of hydrogen-bond acceptors (Lipinski definition) is 4. The van der Waals surface area contributed by atoms with Crippen molar-refractivity contribution in [2.24, 2.45) is 0 Å². The van der Waals surface area contributed by atoms with Crippen LogP contribution in [0.4, 0.5) is 0 Å². The first-order valence-corrected chi connectivity index (χ1v) is 11.0. The van der Waals surface area contributed by atoms with E-state index in [1.165, 1.54) is 10.4 Å². The van der Waals surface area contributed by atoms with Crippen LogP contribution >= 0.6 is 11.3 Å². The summed E-state index contributed by atoms with van der Waals surface area (Å²) in [5.41, 5.74) is 4.02. The molecule has 4 aromatic rings. The predicted molar refractivity (Wildman–Crippen MR) is 118 cm³/mol. The number of benzene rings is 2. The van der Waals surface area contributed by atoms with Gasteiger partial charge in [0.2, 0.25) is 11.8 Å². The first kappa shape index (κ1) is 18.8. The Bertz CT molecular complexity index is 1160. The topological polar surface area (TPSA) is 46.3 Å². The standard InChI is InChI=1S/C25H22N2O2S/c1-17-21(26-25(29-17)19-10-6-3-7-11-19)16-23(28)27-14-12-22-20(13-15-30-22)24(27)18-8-4-2-5-9-18/h2-11,13,15,24H,12,14,16H2,1H3. The molecule has 0 fully saturated rings. The molecule has 0 N–H and O–H groups in total. The number of fused-ring (bicyclic) bond motifs is 1. The summed E-state index contributed by atoms with van der Waals surface area (Å²) < 4.78 is 5.86. The number of rotatable bonds is 4. The van der Waals surface area contributed by atoms with Crippen LogP contribution in [0.1, 0.15) is 33.5 Å². The van der Waals surface area contributed by atoms with Crippen LogP contribution in [0.2, 0.25) is 0 Å². The second-order valence-electron chi connectivity index (χ2n) is 7.51. The lowest BCUT2D eigenvalue weighted by Crippen LogP contribution is -2.41. The molecule has 4 nitrogen and oxygen atoms in total. The van der Waals surface area contributed by atoms with Gasteiger partial charge >= 0.3 is 0 Å². The highest BCUT2D eigenvalue weighted by atomic mass is 32.1. The molecule has 2 aromatic carbocycles. The summed E-state index contributed by atoms with van der Waals surface area (Å²) in [4.78, 5) is 21.4. The summed E-state index contributed by atoms with van der Waals surface area (Å²) in [6.07, 6.45) is 1.14. The molecule has 30 heavy (non-hydrogen) atoms. The summed E-state index contributed by atoms with van der Waals surface area (Å²) in [5.74, 6) is 1.35. The molecule has 150 valence electrons. The lowest BCUT2D eigenvalue weighted by Gasteiger charge is -2.36. The molecular formula is C25H22N2O2S. The normalized spacial score (nSPS) is 15.8. The summed E-state index contributed by atoms with van der Waals surface area (Å²) in [7, 11) is 0. The van der Waals surface area contributed by atoms with E-state index >= 15 is 0 Å². The third-order valence-electron chi connectivity index (χ3n) is 5.63. The third-order valence-corrected chi connectivity index (χ3v) is 6.63. The Morgan fingerprint density at radius 3 is 2.60 bits per heavy atom. The molecule has 0 radical (unpaired) electrons. The fourth-order valence-corrected chi connectivity index (χ4v) is 5.02. The largest absolute Gasteiger partial charge is 0.441 e. The van der Waals surface area contributed by atoms with Gasteiger partial charge in [0.05, 0.1) is 18.2 Å². The Morgan fingerprint density at radius 1 is 1.10 bits per heavy atom. The lowest BCUT2D eigenvalue weighted by atomic mass is 9.93. The number of thiophene rings is 1. The van der Waals surface area contributed by atoms with Crippen LogP contribution in [0.3, 0.4) is 0 Å². The Morgan fingerprint density at radius 2 is 1.83 bits per heavy atom. The molecule has 1 atom stereocenters. The molecule has 0 saturated heterocycles. The molecule has 0 spiro atoms. The number of carbonyl (C=O) groups excluding carboxylic acids is 1. The number of oxazole rings is 1. The molecule has 2 aromatic heterocycles. The van der Waals surface area contributed by atoms with Crippen LogP contribution in [-0.4, -0.2) is 22.3 Å². The van der Waals surface area contributed by atoms with Gasteiger partial charge in [0.1, 0.15) is 5.76 Å². The van der Waals surface area contributed by atoms with Crippen LogP contribution in [0.15, 0.2) is 76.5 Å². The maximum atomic E-state index is 13.4. The van der Waals surface area contributed by atoms with E-state index in [1.54, 1.807) is 11.3 Å². The first-order valence-electron chi connectivity index (χ1n) is 10.1. The molecule has 0 aliphatic carbocycles. The fraction of sp³-hybridized carbons (Fsp3) is 0.200. The highest BCUT2D eigenvalue weighted by Crippen LogP contribution is 2.38. The monoisotopic (exact) mass is 414 g/mol. The van der Waals surface area contributed by atoms with Crippen molar-refractivity contribution in [2.75, 3.05) is 6.54 Å². The van der Waals surface area contributed by atoms with E-state index in [4.69, 9.17) is 4.42 Å². The summed E-state index contributed by atoms with van der Waals surface area (Å²) in [6.45, 7) is 2.60. The zero-order valence-electron chi connectivity index (χ0n) is 16.7. The van der Waals surface area contributed by atoms with Crippen molar-refractivity contribution in [3.8, 4) is 11.5 Å². The zero-order chi connectivity index (χ0) is 20.5. The fourth-order valence-electron chi connectivity index (χ4n) is 4.12. The summed E-state index contributed by atoms with van der Waals surface area (Å²) in [6, 6.07) is 22.2. The minimum atomic E-state index is -0.0468. The minimum absolute atomic E-state index is 0.0468. The molecule has 5 rings (SSSR count). The quantitative estimate of drug-likeness (QED) is 0.447. The molecule has 3 heterocycles. The van der Waals surface area contributed by atoms with E-state index < -0.39 is 0 Å². The van der Waals surface area contributed by atoms with Crippen molar-refractivity contribution in [1.29, 1.82) is 0 Å². The van der Waals surface area contributed by atoms with Gasteiger partial charge in [-0.15, -0.1) is 11.3 Å². The third kappa shape index (κ3) is 3.46. The van der Waals surface area contributed by atoms with Gasteiger partial charge in [0, 0.05) is 17.0 Å². The minimum Gasteiger partial charge on any atom is -0.441 e. The molecule has 0 bridgehead atoms. The molecular weight excluding hydrogens is 392 g/mol. The van der Waals surface area contributed by atoms with Gasteiger partial charge in [0.25, 0.3) is 0 Å². The van der Waals surface area contributed by atoms with Gasteiger partial charge in [-0.05, 0) is 48.1 Å².